The molecular formula is C17H17ClN2O4. The molecule has 0 radical (unpaired) electrons. The number of carbonyl (C=O) groups excluding carboxylic acids is 2. The third-order valence-electron chi connectivity index (χ3n) is 3.05. The molecule has 0 spiro atoms. The zero-order chi connectivity index (χ0) is 17.4. The number of hydrogen-bond acceptors (Lipinski definition) is 4. The van der Waals surface area contributed by atoms with Gasteiger partial charge in [-0.05, 0) is 29.8 Å². The lowest BCUT2D eigenvalue weighted by Gasteiger charge is -2.11. The Kier molecular flexibility index (Phi) is 6.45. The number of hydrazine groups is 1. The molecule has 0 aromatic heterocycles. The summed E-state index contributed by atoms with van der Waals surface area (Å²) in [7, 11) is 1.51. The predicted octanol–water partition coefficient (Wildman–Crippen LogP) is 2.12. The van der Waals surface area contributed by atoms with Crippen LogP contribution in [0.1, 0.15) is 5.56 Å². The number of rotatable bonds is 6. The Morgan fingerprint density at radius 3 is 2.25 bits per heavy atom. The molecule has 6 nitrogen and oxygen atoms in total. The summed E-state index contributed by atoms with van der Waals surface area (Å²) in [6.07, 6.45) is 0.130. The van der Waals surface area contributed by atoms with Crippen molar-refractivity contribution in [2.45, 2.75) is 6.42 Å². The number of methoxy groups -OCH3 is 1. The molecule has 2 aromatic carbocycles. The Morgan fingerprint density at radius 1 is 0.958 bits per heavy atom. The molecule has 126 valence electrons. The first-order chi connectivity index (χ1) is 11.6. The molecule has 24 heavy (non-hydrogen) atoms. The van der Waals surface area contributed by atoms with Gasteiger partial charge in [0.05, 0.1) is 13.5 Å². The van der Waals surface area contributed by atoms with Crippen LogP contribution >= 0.6 is 11.6 Å². The van der Waals surface area contributed by atoms with E-state index in [-0.39, 0.29) is 18.9 Å². The van der Waals surface area contributed by atoms with Gasteiger partial charge in [0.25, 0.3) is 5.91 Å². The van der Waals surface area contributed by atoms with Gasteiger partial charge in [-0.15, -0.1) is 0 Å². The topological polar surface area (TPSA) is 76.7 Å². The van der Waals surface area contributed by atoms with E-state index < -0.39 is 5.91 Å². The normalized spacial score (nSPS) is 9.92. The average Bonchev–Trinajstić information content (AvgIpc) is 2.60. The van der Waals surface area contributed by atoms with Gasteiger partial charge in [-0.25, -0.2) is 0 Å². The fraction of sp³-hybridized carbons (Fsp3) is 0.176. The summed E-state index contributed by atoms with van der Waals surface area (Å²) >= 11 is 5.78. The molecule has 0 atom stereocenters. The van der Waals surface area contributed by atoms with Gasteiger partial charge in [0.15, 0.2) is 18.1 Å². The molecule has 0 unspecified atom stereocenters. The number of halogens is 1. The van der Waals surface area contributed by atoms with Gasteiger partial charge in [0.2, 0.25) is 5.91 Å². The summed E-state index contributed by atoms with van der Waals surface area (Å²) in [5.41, 5.74) is 5.41. The molecule has 0 fully saturated rings. The van der Waals surface area contributed by atoms with Crippen LogP contribution in [0, 0.1) is 0 Å². The quantitative estimate of drug-likeness (QED) is 0.784. The SMILES string of the molecule is COc1ccccc1OCC(=O)NNC(=O)Cc1ccc(Cl)cc1. The molecule has 2 rings (SSSR count). The summed E-state index contributed by atoms with van der Waals surface area (Å²) in [4.78, 5) is 23.5. The highest BCUT2D eigenvalue weighted by Crippen LogP contribution is 2.25. The van der Waals surface area contributed by atoms with E-state index in [1.165, 1.54) is 7.11 Å². The van der Waals surface area contributed by atoms with Crippen molar-refractivity contribution in [2.75, 3.05) is 13.7 Å². The van der Waals surface area contributed by atoms with Crippen molar-refractivity contribution in [3.8, 4) is 11.5 Å². The summed E-state index contributed by atoms with van der Waals surface area (Å²) in [5.74, 6) is 0.146. The minimum Gasteiger partial charge on any atom is -0.493 e. The molecule has 0 bridgehead atoms. The summed E-state index contributed by atoms with van der Waals surface area (Å²) < 4.78 is 10.5. The van der Waals surface area contributed by atoms with Crippen LogP contribution in [0.25, 0.3) is 0 Å². The van der Waals surface area contributed by atoms with Gasteiger partial charge in [0.1, 0.15) is 0 Å². The number of ether oxygens (including phenoxy) is 2. The summed E-state index contributed by atoms with van der Waals surface area (Å²) in [6.45, 7) is -0.248. The Balaban J connectivity index is 1.74. The molecule has 0 saturated heterocycles. The van der Waals surface area contributed by atoms with Crippen molar-refractivity contribution < 1.29 is 19.1 Å². The van der Waals surface area contributed by atoms with Crippen LogP contribution < -0.4 is 20.3 Å². The summed E-state index contributed by atoms with van der Waals surface area (Å²) in [5, 5.41) is 0.598. The largest absolute Gasteiger partial charge is 0.493 e. The van der Waals surface area contributed by atoms with Gasteiger partial charge < -0.3 is 9.47 Å². The smallest absolute Gasteiger partial charge is 0.276 e. The van der Waals surface area contributed by atoms with Crippen molar-refractivity contribution in [2.24, 2.45) is 0 Å². The van der Waals surface area contributed by atoms with Crippen molar-refractivity contribution in [3.63, 3.8) is 0 Å². The van der Waals surface area contributed by atoms with E-state index in [2.05, 4.69) is 10.9 Å². The number of hydrogen-bond donors (Lipinski definition) is 2. The van der Waals surface area contributed by atoms with Crippen molar-refractivity contribution >= 4 is 23.4 Å². The molecular weight excluding hydrogens is 332 g/mol. The van der Waals surface area contributed by atoms with Gasteiger partial charge in [-0.2, -0.15) is 0 Å². The number of nitrogens with one attached hydrogen (secondary N) is 2. The predicted molar refractivity (Wildman–Crippen MR) is 89.9 cm³/mol. The van der Waals surface area contributed by atoms with Crippen molar-refractivity contribution in [3.05, 3.63) is 59.1 Å². The molecule has 0 aliphatic carbocycles. The number of carbonyl (C=O) groups is 2. The van der Waals surface area contributed by atoms with Crippen LogP contribution in [0.5, 0.6) is 11.5 Å². The molecule has 2 aromatic rings. The van der Waals surface area contributed by atoms with E-state index in [1.54, 1.807) is 48.5 Å². The fourth-order valence-corrected chi connectivity index (χ4v) is 2.01. The zero-order valence-corrected chi connectivity index (χ0v) is 13.8. The minimum atomic E-state index is -0.481. The molecule has 0 heterocycles. The second-order valence-corrected chi connectivity index (χ2v) is 5.28. The van der Waals surface area contributed by atoms with Gasteiger partial charge in [0, 0.05) is 5.02 Å². The first kappa shape index (κ1) is 17.6. The van der Waals surface area contributed by atoms with Crippen LogP contribution in [0.15, 0.2) is 48.5 Å². The third kappa shape index (κ3) is 5.48. The maximum Gasteiger partial charge on any atom is 0.276 e. The lowest BCUT2D eigenvalue weighted by molar-refractivity contribution is -0.129. The first-order valence-electron chi connectivity index (χ1n) is 7.16. The maximum atomic E-state index is 11.8. The standard InChI is InChI=1S/C17H17ClN2O4/c1-23-14-4-2-3-5-15(14)24-11-17(22)20-19-16(21)10-12-6-8-13(18)9-7-12/h2-9H,10-11H2,1H3,(H,19,21)(H,20,22). The monoisotopic (exact) mass is 348 g/mol. The van der Waals surface area contributed by atoms with Crippen molar-refractivity contribution in [1.29, 1.82) is 0 Å². The van der Waals surface area contributed by atoms with Crippen molar-refractivity contribution in [1.82, 2.24) is 10.9 Å². The van der Waals surface area contributed by atoms with Crippen LogP contribution in [0.4, 0.5) is 0 Å². The fourth-order valence-electron chi connectivity index (χ4n) is 1.89. The van der Waals surface area contributed by atoms with Crippen LogP contribution in [-0.2, 0) is 16.0 Å². The van der Waals surface area contributed by atoms with E-state index >= 15 is 0 Å². The lowest BCUT2D eigenvalue weighted by Crippen LogP contribution is -2.44. The molecule has 2 amide bonds. The molecule has 0 aliphatic rings. The van der Waals surface area contributed by atoms with E-state index in [9.17, 15) is 9.59 Å². The average molecular weight is 349 g/mol. The van der Waals surface area contributed by atoms with Gasteiger partial charge >= 0.3 is 0 Å². The van der Waals surface area contributed by atoms with E-state index in [4.69, 9.17) is 21.1 Å². The van der Waals surface area contributed by atoms with Crippen LogP contribution in [0.3, 0.4) is 0 Å². The number of benzene rings is 2. The molecule has 0 aliphatic heterocycles. The highest BCUT2D eigenvalue weighted by molar-refractivity contribution is 6.30. The van der Waals surface area contributed by atoms with E-state index in [0.717, 1.165) is 5.56 Å². The van der Waals surface area contributed by atoms with Gasteiger partial charge in [-0.3, -0.25) is 20.4 Å². The maximum absolute atomic E-state index is 11.8. The first-order valence-corrected chi connectivity index (χ1v) is 7.54. The zero-order valence-electron chi connectivity index (χ0n) is 13.0. The second-order valence-electron chi connectivity index (χ2n) is 4.84. The molecule has 7 heteroatoms. The third-order valence-corrected chi connectivity index (χ3v) is 3.30. The Labute approximate surface area is 144 Å². The molecule has 2 N–H and O–H groups in total. The highest BCUT2D eigenvalue weighted by Gasteiger charge is 2.08. The van der Waals surface area contributed by atoms with Crippen LogP contribution in [0.2, 0.25) is 5.02 Å². The Morgan fingerprint density at radius 2 is 1.58 bits per heavy atom. The highest BCUT2D eigenvalue weighted by atomic mass is 35.5. The Bertz CT molecular complexity index is 704. The van der Waals surface area contributed by atoms with E-state index in [0.29, 0.717) is 16.5 Å². The summed E-state index contributed by atoms with van der Waals surface area (Å²) in [6, 6.07) is 13.9. The Hall–Kier alpha value is -2.73. The lowest BCUT2D eigenvalue weighted by atomic mass is 10.1. The van der Waals surface area contributed by atoms with E-state index in [1.807, 2.05) is 0 Å². The number of para-hydroxylation sites is 2. The van der Waals surface area contributed by atoms with Gasteiger partial charge in [-0.1, -0.05) is 35.9 Å². The van der Waals surface area contributed by atoms with Crippen LogP contribution in [-0.4, -0.2) is 25.5 Å². The number of amides is 2. The second kappa shape index (κ2) is 8.79. The minimum absolute atomic E-state index is 0.130. The molecule has 0 saturated carbocycles.